The molecule has 2 aromatic rings. The maximum Gasteiger partial charge on any atom is 0.246 e. The number of nitrogens with zero attached hydrogens (tertiary/aromatic N) is 2. The molecule has 0 aromatic heterocycles. The van der Waals surface area contributed by atoms with Gasteiger partial charge in [0, 0.05) is 37.9 Å². The number of hydrogen-bond donors (Lipinski definition) is 0. The molecule has 0 radical (unpaired) electrons. The highest BCUT2D eigenvalue weighted by Crippen LogP contribution is 2.28. The maximum atomic E-state index is 12.9. The van der Waals surface area contributed by atoms with Crippen LogP contribution >= 0.6 is 0 Å². The standard InChI is InChI=1S/C18H22N2O4S/c1-23-16-7-5-6-15(14-16)19-10-12-20(13-11-19)25(21,22)18-9-4-3-8-17(18)24-2/h3-9,14H,10-13H2,1-2H3. The zero-order valence-corrected chi connectivity index (χ0v) is 15.2. The number of ether oxygens (including phenoxy) is 2. The normalized spacial score (nSPS) is 15.8. The lowest BCUT2D eigenvalue weighted by atomic mass is 10.2. The lowest BCUT2D eigenvalue weighted by Crippen LogP contribution is -2.48. The van der Waals surface area contributed by atoms with Crippen molar-refractivity contribution in [1.82, 2.24) is 4.31 Å². The van der Waals surface area contributed by atoms with Crippen LogP contribution < -0.4 is 14.4 Å². The van der Waals surface area contributed by atoms with Gasteiger partial charge in [-0.1, -0.05) is 18.2 Å². The highest BCUT2D eigenvalue weighted by Gasteiger charge is 2.30. The fourth-order valence-electron chi connectivity index (χ4n) is 2.96. The molecule has 0 unspecified atom stereocenters. The van der Waals surface area contributed by atoms with E-state index in [1.807, 2.05) is 24.3 Å². The van der Waals surface area contributed by atoms with Crippen LogP contribution in [0.1, 0.15) is 0 Å². The third-order valence-corrected chi connectivity index (χ3v) is 6.28. The molecule has 1 saturated heterocycles. The summed E-state index contributed by atoms with van der Waals surface area (Å²) >= 11 is 0. The van der Waals surface area contributed by atoms with Gasteiger partial charge in [-0.25, -0.2) is 8.42 Å². The molecular weight excluding hydrogens is 340 g/mol. The Morgan fingerprint density at radius 1 is 0.880 bits per heavy atom. The number of piperazine rings is 1. The van der Waals surface area contributed by atoms with Gasteiger partial charge >= 0.3 is 0 Å². The molecule has 3 rings (SSSR count). The van der Waals surface area contributed by atoms with Gasteiger partial charge in [0.1, 0.15) is 16.4 Å². The van der Waals surface area contributed by atoms with Crippen molar-refractivity contribution in [1.29, 1.82) is 0 Å². The number of sulfonamides is 1. The molecule has 1 aliphatic heterocycles. The summed E-state index contributed by atoms with van der Waals surface area (Å²) in [5.41, 5.74) is 1.04. The second-order valence-corrected chi connectivity index (χ2v) is 7.65. The minimum absolute atomic E-state index is 0.215. The molecule has 7 heteroatoms. The molecule has 0 bridgehead atoms. The Labute approximate surface area is 148 Å². The summed E-state index contributed by atoms with van der Waals surface area (Å²) < 4.78 is 37.8. The fraction of sp³-hybridized carbons (Fsp3) is 0.333. The first-order valence-corrected chi connectivity index (χ1v) is 9.52. The predicted molar refractivity (Wildman–Crippen MR) is 97.0 cm³/mol. The van der Waals surface area contributed by atoms with Crippen LogP contribution in [0.15, 0.2) is 53.4 Å². The number of anilines is 1. The SMILES string of the molecule is COc1cccc(N2CCN(S(=O)(=O)c3ccccc3OC)CC2)c1. The Kier molecular flexibility index (Phi) is 5.15. The molecule has 2 aromatic carbocycles. The lowest BCUT2D eigenvalue weighted by molar-refractivity contribution is 0.374. The molecule has 1 fully saturated rings. The first kappa shape index (κ1) is 17.6. The molecule has 6 nitrogen and oxygen atoms in total. The lowest BCUT2D eigenvalue weighted by Gasteiger charge is -2.35. The highest BCUT2D eigenvalue weighted by atomic mass is 32.2. The van der Waals surface area contributed by atoms with Gasteiger partial charge in [0.2, 0.25) is 10.0 Å². The van der Waals surface area contributed by atoms with Gasteiger partial charge < -0.3 is 14.4 Å². The molecule has 134 valence electrons. The van der Waals surface area contributed by atoms with Crippen LogP contribution in [-0.2, 0) is 10.0 Å². The molecule has 0 aliphatic carbocycles. The quantitative estimate of drug-likeness (QED) is 0.816. The van der Waals surface area contributed by atoms with E-state index in [4.69, 9.17) is 9.47 Å². The van der Waals surface area contributed by atoms with Crippen molar-refractivity contribution in [3.8, 4) is 11.5 Å². The van der Waals surface area contributed by atoms with Gasteiger partial charge in [0.15, 0.2) is 0 Å². The molecule has 0 amide bonds. The van der Waals surface area contributed by atoms with Crippen LogP contribution in [-0.4, -0.2) is 53.1 Å². The van der Waals surface area contributed by atoms with Crippen molar-refractivity contribution in [2.45, 2.75) is 4.90 Å². The van der Waals surface area contributed by atoms with Crippen LogP contribution in [0.5, 0.6) is 11.5 Å². The van der Waals surface area contributed by atoms with Crippen LogP contribution in [0, 0.1) is 0 Å². The molecule has 0 atom stereocenters. The summed E-state index contributed by atoms with van der Waals surface area (Å²) in [6.45, 7) is 2.11. The van der Waals surface area contributed by atoms with E-state index in [0.29, 0.717) is 31.9 Å². The summed E-state index contributed by atoms with van der Waals surface area (Å²) in [7, 11) is -0.449. The number of para-hydroxylation sites is 1. The third kappa shape index (κ3) is 3.57. The van der Waals surface area contributed by atoms with Crippen molar-refractivity contribution >= 4 is 15.7 Å². The average Bonchev–Trinajstić information content (AvgIpc) is 2.68. The average molecular weight is 362 g/mol. The molecule has 1 aliphatic rings. The van der Waals surface area contributed by atoms with Gasteiger partial charge in [0.25, 0.3) is 0 Å². The third-order valence-electron chi connectivity index (χ3n) is 4.34. The molecular formula is C18H22N2O4S. The number of hydrogen-bond acceptors (Lipinski definition) is 5. The van der Waals surface area contributed by atoms with E-state index in [0.717, 1.165) is 11.4 Å². The van der Waals surface area contributed by atoms with E-state index in [1.54, 1.807) is 31.4 Å². The second kappa shape index (κ2) is 7.33. The van der Waals surface area contributed by atoms with E-state index in [9.17, 15) is 8.42 Å². The summed E-state index contributed by atoms with van der Waals surface area (Å²) in [5.74, 6) is 1.17. The number of methoxy groups -OCH3 is 2. The minimum Gasteiger partial charge on any atom is -0.497 e. The minimum atomic E-state index is -3.57. The van der Waals surface area contributed by atoms with Gasteiger partial charge in [-0.15, -0.1) is 0 Å². The summed E-state index contributed by atoms with van der Waals surface area (Å²) in [6.07, 6.45) is 0. The van der Waals surface area contributed by atoms with Gasteiger partial charge in [-0.2, -0.15) is 4.31 Å². The Hall–Kier alpha value is -2.25. The van der Waals surface area contributed by atoms with Crippen molar-refractivity contribution in [3.63, 3.8) is 0 Å². The first-order valence-electron chi connectivity index (χ1n) is 8.08. The van der Waals surface area contributed by atoms with E-state index in [1.165, 1.54) is 11.4 Å². The van der Waals surface area contributed by atoms with Crippen LogP contribution in [0.2, 0.25) is 0 Å². The molecule has 1 heterocycles. The Bertz CT molecular complexity index is 830. The fourth-order valence-corrected chi connectivity index (χ4v) is 4.54. The second-order valence-electron chi connectivity index (χ2n) is 5.74. The Balaban J connectivity index is 1.75. The maximum absolute atomic E-state index is 12.9. The van der Waals surface area contributed by atoms with Crippen molar-refractivity contribution in [2.24, 2.45) is 0 Å². The van der Waals surface area contributed by atoms with Gasteiger partial charge in [-0.05, 0) is 24.3 Å². The monoisotopic (exact) mass is 362 g/mol. The zero-order valence-electron chi connectivity index (χ0n) is 14.4. The number of rotatable bonds is 5. The number of benzene rings is 2. The molecule has 0 saturated carbocycles. The largest absolute Gasteiger partial charge is 0.497 e. The van der Waals surface area contributed by atoms with E-state index < -0.39 is 10.0 Å². The van der Waals surface area contributed by atoms with Crippen molar-refractivity contribution in [2.75, 3.05) is 45.3 Å². The predicted octanol–water partition coefficient (Wildman–Crippen LogP) is 2.21. The van der Waals surface area contributed by atoms with Crippen LogP contribution in [0.3, 0.4) is 0 Å². The highest BCUT2D eigenvalue weighted by molar-refractivity contribution is 7.89. The summed E-state index contributed by atoms with van der Waals surface area (Å²) in [4.78, 5) is 2.38. The topological polar surface area (TPSA) is 59.1 Å². The van der Waals surface area contributed by atoms with Crippen LogP contribution in [0.4, 0.5) is 5.69 Å². The van der Waals surface area contributed by atoms with Crippen molar-refractivity contribution in [3.05, 3.63) is 48.5 Å². The van der Waals surface area contributed by atoms with E-state index in [2.05, 4.69) is 4.90 Å². The first-order chi connectivity index (χ1) is 12.1. The molecule has 0 N–H and O–H groups in total. The molecule has 0 spiro atoms. The van der Waals surface area contributed by atoms with Crippen molar-refractivity contribution < 1.29 is 17.9 Å². The summed E-state index contributed by atoms with van der Waals surface area (Å²) in [6, 6.07) is 14.5. The van der Waals surface area contributed by atoms with Crippen LogP contribution in [0.25, 0.3) is 0 Å². The smallest absolute Gasteiger partial charge is 0.246 e. The van der Waals surface area contributed by atoms with Gasteiger partial charge in [-0.3, -0.25) is 0 Å². The Morgan fingerprint density at radius 3 is 2.28 bits per heavy atom. The van der Waals surface area contributed by atoms with E-state index >= 15 is 0 Å². The van der Waals surface area contributed by atoms with E-state index in [-0.39, 0.29) is 4.90 Å². The van der Waals surface area contributed by atoms with Gasteiger partial charge in [0.05, 0.1) is 14.2 Å². The summed E-state index contributed by atoms with van der Waals surface area (Å²) in [5, 5.41) is 0. The molecule has 25 heavy (non-hydrogen) atoms. The zero-order chi connectivity index (χ0) is 17.9. The Morgan fingerprint density at radius 2 is 1.60 bits per heavy atom.